The number of rotatable bonds is 8. The Labute approximate surface area is 212 Å². The van der Waals surface area contributed by atoms with Gasteiger partial charge >= 0.3 is 0 Å². The normalized spacial score (nSPS) is 11.6. The first-order valence-electron chi connectivity index (χ1n) is 11.0. The molecule has 1 amide bonds. The molecule has 36 heavy (non-hydrogen) atoms. The molecule has 0 unspecified atom stereocenters. The minimum Gasteiger partial charge on any atom is -0.368 e. The summed E-state index contributed by atoms with van der Waals surface area (Å²) in [5.41, 5.74) is 6.40. The highest BCUT2D eigenvalue weighted by Gasteiger charge is 2.25. The number of hydrogen-bond acceptors (Lipinski definition) is 6. The van der Waals surface area contributed by atoms with Crippen molar-refractivity contribution in [3.8, 4) is 11.1 Å². The minimum atomic E-state index is -3.76. The summed E-state index contributed by atoms with van der Waals surface area (Å²) in [6.45, 7) is 1.04. The van der Waals surface area contributed by atoms with E-state index in [2.05, 4.69) is 5.10 Å². The average Bonchev–Trinajstić information content (AvgIpc) is 3.22. The highest BCUT2D eigenvalue weighted by molar-refractivity contribution is 7.90. The molecule has 4 aromatic rings. The second-order valence-corrected chi connectivity index (χ2v) is 10.7. The second kappa shape index (κ2) is 9.71. The van der Waals surface area contributed by atoms with Gasteiger partial charge in [-0.25, -0.2) is 13.1 Å². The summed E-state index contributed by atoms with van der Waals surface area (Å²) in [6.07, 6.45) is 1.10. The van der Waals surface area contributed by atoms with Crippen LogP contribution >= 0.6 is 11.6 Å². The van der Waals surface area contributed by atoms with Gasteiger partial charge in [0, 0.05) is 34.7 Å². The topological polar surface area (TPSA) is 134 Å². The van der Waals surface area contributed by atoms with E-state index in [9.17, 15) is 22.8 Å². The quantitative estimate of drug-likeness (QED) is 0.351. The van der Waals surface area contributed by atoms with Crippen molar-refractivity contribution >= 4 is 43.9 Å². The molecule has 0 atom stereocenters. The summed E-state index contributed by atoms with van der Waals surface area (Å²) >= 11 is 6.27. The highest BCUT2D eigenvalue weighted by Crippen LogP contribution is 2.33. The van der Waals surface area contributed by atoms with Crippen molar-refractivity contribution in [1.82, 2.24) is 14.3 Å². The number of halogens is 1. The Kier molecular flexibility index (Phi) is 6.83. The van der Waals surface area contributed by atoms with Gasteiger partial charge in [-0.1, -0.05) is 48.9 Å². The van der Waals surface area contributed by atoms with Crippen LogP contribution in [0.3, 0.4) is 0 Å². The molecule has 0 aliphatic carbocycles. The zero-order chi connectivity index (χ0) is 26.2. The Bertz CT molecular complexity index is 1670. The lowest BCUT2D eigenvalue weighted by atomic mass is 9.94. The third kappa shape index (κ3) is 4.82. The van der Waals surface area contributed by atoms with Gasteiger partial charge in [0.2, 0.25) is 5.91 Å². The Morgan fingerprint density at radius 1 is 1.06 bits per heavy atom. The van der Waals surface area contributed by atoms with Crippen LogP contribution < -0.4 is 11.3 Å². The third-order valence-electron chi connectivity index (χ3n) is 5.68. The summed E-state index contributed by atoms with van der Waals surface area (Å²) < 4.78 is 26.9. The van der Waals surface area contributed by atoms with Crippen LogP contribution in [-0.4, -0.2) is 40.7 Å². The van der Waals surface area contributed by atoms with Crippen molar-refractivity contribution in [3.05, 3.63) is 81.4 Å². The molecular formula is C25H23ClN4O5S. The number of carbonyl (C=O) groups excluding carboxylic acids is 2. The first-order valence-corrected chi connectivity index (χ1v) is 13.3. The number of ketones is 1. The van der Waals surface area contributed by atoms with E-state index in [1.807, 2.05) is 30.3 Å². The minimum absolute atomic E-state index is 0.121. The zero-order valence-corrected chi connectivity index (χ0v) is 21.1. The summed E-state index contributed by atoms with van der Waals surface area (Å²) in [7, 11) is -3.76. The predicted molar refractivity (Wildman–Crippen MR) is 137 cm³/mol. The number of amides is 1. The van der Waals surface area contributed by atoms with Crippen LogP contribution in [0.1, 0.15) is 29.5 Å². The van der Waals surface area contributed by atoms with E-state index in [0.717, 1.165) is 10.9 Å². The van der Waals surface area contributed by atoms with E-state index in [1.165, 1.54) is 10.6 Å². The molecule has 186 valence electrons. The lowest BCUT2D eigenvalue weighted by molar-refractivity contribution is -0.118. The van der Waals surface area contributed by atoms with E-state index >= 15 is 0 Å². The predicted octanol–water partition coefficient (Wildman–Crippen LogP) is 3.05. The number of aromatic nitrogens is 3. The summed E-state index contributed by atoms with van der Waals surface area (Å²) in [5.74, 6) is -1.06. The van der Waals surface area contributed by atoms with Crippen LogP contribution in [0.4, 0.5) is 0 Å². The molecule has 4 rings (SSSR count). The van der Waals surface area contributed by atoms with Gasteiger partial charge in [0.1, 0.15) is 6.54 Å². The zero-order valence-electron chi connectivity index (χ0n) is 19.6. The Hall–Kier alpha value is -3.76. The van der Waals surface area contributed by atoms with Crippen molar-refractivity contribution in [2.75, 3.05) is 6.26 Å². The van der Waals surface area contributed by atoms with Gasteiger partial charge < -0.3 is 5.73 Å². The first kappa shape index (κ1) is 25.3. The average molecular weight is 527 g/mol. The van der Waals surface area contributed by atoms with E-state index in [4.69, 9.17) is 17.3 Å². The number of sulfone groups is 1. The fourth-order valence-corrected chi connectivity index (χ4v) is 5.18. The largest absolute Gasteiger partial charge is 0.368 e. The highest BCUT2D eigenvalue weighted by atomic mass is 35.5. The van der Waals surface area contributed by atoms with Crippen LogP contribution in [0, 0.1) is 0 Å². The SMILES string of the molecule is CCC(=O)c1c(-c2ccccc2)c2cc(Cl)ccc2c(=O)n1Cc1cc(S(C)(=O)=O)n(CC(N)=O)n1. The van der Waals surface area contributed by atoms with Crippen LogP contribution in [-0.2, 0) is 27.7 Å². The maximum atomic E-state index is 13.7. The Balaban J connectivity index is 2.05. The van der Waals surface area contributed by atoms with Crippen molar-refractivity contribution in [2.24, 2.45) is 5.73 Å². The summed E-state index contributed by atoms with van der Waals surface area (Å²) in [4.78, 5) is 38.5. The van der Waals surface area contributed by atoms with Crippen molar-refractivity contribution in [1.29, 1.82) is 0 Å². The second-order valence-electron chi connectivity index (χ2n) is 8.32. The molecule has 2 aromatic carbocycles. The molecule has 0 radical (unpaired) electrons. The molecule has 11 heteroatoms. The smallest absolute Gasteiger partial charge is 0.259 e. The molecule has 0 saturated carbocycles. The fourth-order valence-electron chi connectivity index (χ4n) is 4.17. The van der Waals surface area contributed by atoms with Gasteiger partial charge in [-0.05, 0) is 29.1 Å². The number of Topliss-reactive ketones (excluding diaryl/α,β-unsaturated/α-hetero) is 1. The number of pyridine rings is 1. The number of hydrogen-bond donors (Lipinski definition) is 1. The number of nitrogens with zero attached hydrogens (tertiary/aromatic N) is 3. The molecule has 0 fully saturated rings. The molecule has 0 saturated heterocycles. The maximum absolute atomic E-state index is 13.7. The summed E-state index contributed by atoms with van der Waals surface area (Å²) in [6, 6.07) is 15.3. The fraction of sp³-hybridized carbons (Fsp3) is 0.200. The van der Waals surface area contributed by atoms with E-state index < -0.39 is 27.8 Å². The Morgan fingerprint density at radius 3 is 2.36 bits per heavy atom. The molecule has 0 bridgehead atoms. The van der Waals surface area contributed by atoms with Crippen molar-refractivity contribution in [2.45, 2.75) is 31.5 Å². The molecule has 2 N–H and O–H groups in total. The number of benzene rings is 2. The van der Waals surface area contributed by atoms with Crippen molar-refractivity contribution in [3.63, 3.8) is 0 Å². The number of fused-ring (bicyclic) bond motifs is 1. The molecular weight excluding hydrogens is 504 g/mol. The van der Waals surface area contributed by atoms with E-state index in [-0.39, 0.29) is 35.2 Å². The molecule has 0 aliphatic heterocycles. The van der Waals surface area contributed by atoms with Gasteiger partial charge in [-0.2, -0.15) is 5.10 Å². The van der Waals surface area contributed by atoms with Gasteiger partial charge in [0.25, 0.3) is 5.56 Å². The van der Waals surface area contributed by atoms with Gasteiger partial charge in [-0.3, -0.25) is 19.0 Å². The Morgan fingerprint density at radius 2 is 1.75 bits per heavy atom. The molecule has 2 heterocycles. The van der Waals surface area contributed by atoms with Gasteiger partial charge in [0.05, 0.1) is 17.9 Å². The van der Waals surface area contributed by atoms with Gasteiger partial charge in [-0.15, -0.1) is 0 Å². The van der Waals surface area contributed by atoms with E-state index in [1.54, 1.807) is 25.1 Å². The monoisotopic (exact) mass is 526 g/mol. The standard InChI is InChI=1S/C25H23ClN4O5S/c1-3-20(31)24-23(15-7-5-4-6-8-15)19-11-16(26)9-10-18(19)25(33)29(24)13-17-12-22(36(2,34)35)30(28-17)14-21(27)32/h4-12H,3,13-14H2,1-2H3,(H2,27,32). The third-order valence-corrected chi connectivity index (χ3v) is 7.00. The molecule has 0 spiro atoms. The lowest BCUT2D eigenvalue weighted by Crippen LogP contribution is -2.28. The van der Waals surface area contributed by atoms with Crippen LogP contribution in [0.2, 0.25) is 5.02 Å². The van der Waals surface area contributed by atoms with Crippen LogP contribution in [0.15, 0.2) is 64.4 Å². The first-order chi connectivity index (χ1) is 17.0. The summed E-state index contributed by atoms with van der Waals surface area (Å²) in [5, 5.41) is 5.28. The van der Waals surface area contributed by atoms with Crippen LogP contribution in [0.5, 0.6) is 0 Å². The lowest BCUT2D eigenvalue weighted by Gasteiger charge is -2.19. The molecule has 9 nitrogen and oxygen atoms in total. The van der Waals surface area contributed by atoms with Gasteiger partial charge in [0.15, 0.2) is 20.6 Å². The molecule has 2 aromatic heterocycles. The number of primary amides is 1. The van der Waals surface area contributed by atoms with Crippen molar-refractivity contribution < 1.29 is 18.0 Å². The number of nitrogens with two attached hydrogens (primary N) is 1. The van der Waals surface area contributed by atoms with E-state index in [0.29, 0.717) is 26.9 Å². The molecule has 0 aliphatic rings. The number of carbonyl (C=O) groups is 2. The maximum Gasteiger partial charge on any atom is 0.259 e. The van der Waals surface area contributed by atoms with Crippen LogP contribution in [0.25, 0.3) is 21.9 Å².